The molecule has 0 radical (unpaired) electrons. The molecule has 0 atom stereocenters. The zero-order chi connectivity index (χ0) is 21.5. The normalized spacial score (nSPS) is 16.6. The molecule has 0 spiro atoms. The summed E-state index contributed by atoms with van der Waals surface area (Å²) in [5.41, 5.74) is 2.32. The lowest BCUT2D eigenvalue weighted by molar-refractivity contribution is -0.117. The molecule has 1 aliphatic heterocycles. The monoisotopic (exact) mass is 422 g/mol. The summed E-state index contributed by atoms with van der Waals surface area (Å²) >= 11 is 0. The highest BCUT2D eigenvalue weighted by atomic mass is 16.5. The van der Waals surface area contributed by atoms with Crippen molar-refractivity contribution >= 4 is 17.5 Å². The summed E-state index contributed by atoms with van der Waals surface area (Å²) in [6.45, 7) is 5.58. The Morgan fingerprint density at radius 3 is 2.65 bits per heavy atom. The van der Waals surface area contributed by atoms with Crippen LogP contribution in [0.2, 0.25) is 0 Å². The van der Waals surface area contributed by atoms with E-state index in [2.05, 4.69) is 15.2 Å². The molecule has 2 aromatic rings. The third kappa shape index (κ3) is 6.35. The van der Waals surface area contributed by atoms with Crippen molar-refractivity contribution in [2.24, 2.45) is 5.92 Å². The molecule has 1 N–H and O–H groups in total. The Hall–Kier alpha value is -2.77. The van der Waals surface area contributed by atoms with E-state index in [1.54, 1.807) is 18.5 Å². The standard InChI is InChI=1S/C24H30N4O3/c29-23(20-5-6-20)26-22-4-1-3-21(17-22)24(30)28(18-19-7-9-25-10-8-19)12-2-11-27-13-15-31-16-14-27/h1,3-4,7-10,17,20H,2,5-6,11-16,18H2,(H,26,29). The van der Waals surface area contributed by atoms with E-state index in [0.717, 1.165) is 57.7 Å². The average molecular weight is 423 g/mol. The van der Waals surface area contributed by atoms with E-state index in [4.69, 9.17) is 4.74 Å². The van der Waals surface area contributed by atoms with E-state index in [0.29, 0.717) is 24.3 Å². The molecule has 1 saturated heterocycles. The van der Waals surface area contributed by atoms with Gasteiger partial charge in [0, 0.05) is 62.3 Å². The fraction of sp³-hybridized carbons (Fsp3) is 0.458. The topological polar surface area (TPSA) is 74.8 Å². The van der Waals surface area contributed by atoms with E-state index in [-0.39, 0.29) is 17.7 Å². The van der Waals surface area contributed by atoms with Crippen LogP contribution < -0.4 is 5.32 Å². The number of hydrogen-bond acceptors (Lipinski definition) is 5. The number of pyridine rings is 1. The molecular formula is C24H30N4O3. The first kappa shape index (κ1) is 21.5. The first-order chi connectivity index (χ1) is 15.2. The van der Waals surface area contributed by atoms with Crippen LogP contribution in [0.4, 0.5) is 5.69 Å². The van der Waals surface area contributed by atoms with Crippen molar-refractivity contribution in [1.29, 1.82) is 0 Å². The summed E-state index contributed by atoms with van der Waals surface area (Å²) in [6, 6.07) is 11.1. The van der Waals surface area contributed by atoms with Gasteiger partial charge in [-0.05, 0) is 55.2 Å². The van der Waals surface area contributed by atoms with Gasteiger partial charge in [0.1, 0.15) is 0 Å². The summed E-state index contributed by atoms with van der Waals surface area (Å²) in [6.07, 6.45) is 6.30. The van der Waals surface area contributed by atoms with E-state index in [1.807, 2.05) is 35.2 Å². The fourth-order valence-corrected chi connectivity index (χ4v) is 3.77. The molecule has 2 aliphatic rings. The van der Waals surface area contributed by atoms with Crippen LogP contribution in [0.3, 0.4) is 0 Å². The van der Waals surface area contributed by atoms with Crippen LogP contribution in [0.5, 0.6) is 0 Å². The van der Waals surface area contributed by atoms with Crippen LogP contribution in [0.1, 0.15) is 35.2 Å². The third-order valence-electron chi connectivity index (χ3n) is 5.74. The van der Waals surface area contributed by atoms with Crippen LogP contribution in [0, 0.1) is 5.92 Å². The summed E-state index contributed by atoms with van der Waals surface area (Å²) in [7, 11) is 0. The molecule has 2 heterocycles. The molecule has 31 heavy (non-hydrogen) atoms. The Labute approximate surface area is 183 Å². The molecule has 7 heteroatoms. The largest absolute Gasteiger partial charge is 0.379 e. The summed E-state index contributed by atoms with van der Waals surface area (Å²) < 4.78 is 5.42. The Bertz CT molecular complexity index is 879. The lowest BCUT2D eigenvalue weighted by Crippen LogP contribution is -2.39. The van der Waals surface area contributed by atoms with Gasteiger partial charge in [0.25, 0.3) is 5.91 Å². The number of nitrogens with one attached hydrogen (secondary N) is 1. The van der Waals surface area contributed by atoms with Gasteiger partial charge in [-0.1, -0.05) is 6.07 Å². The van der Waals surface area contributed by atoms with Crippen LogP contribution >= 0.6 is 0 Å². The molecule has 7 nitrogen and oxygen atoms in total. The molecule has 164 valence electrons. The molecule has 1 aliphatic carbocycles. The maximum Gasteiger partial charge on any atom is 0.254 e. The zero-order valence-electron chi connectivity index (χ0n) is 17.8. The number of carbonyl (C=O) groups is 2. The summed E-state index contributed by atoms with van der Waals surface area (Å²) in [5.74, 6) is 0.146. The Morgan fingerprint density at radius 2 is 1.90 bits per heavy atom. The Morgan fingerprint density at radius 1 is 1.13 bits per heavy atom. The van der Waals surface area contributed by atoms with Gasteiger partial charge in [0.2, 0.25) is 5.91 Å². The number of anilines is 1. The smallest absolute Gasteiger partial charge is 0.254 e. The molecular weight excluding hydrogens is 392 g/mol. The highest BCUT2D eigenvalue weighted by molar-refractivity contribution is 5.98. The van der Waals surface area contributed by atoms with Gasteiger partial charge in [0.15, 0.2) is 0 Å². The second kappa shape index (κ2) is 10.5. The van der Waals surface area contributed by atoms with Gasteiger partial charge in [-0.25, -0.2) is 0 Å². The van der Waals surface area contributed by atoms with Gasteiger partial charge in [-0.3, -0.25) is 19.5 Å². The van der Waals surface area contributed by atoms with Crippen molar-refractivity contribution in [2.75, 3.05) is 44.7 Å². The van der Waals surface area contributed by atoms with Crippen molar-refractivity contribution in [2.45, 2.75) is 25.8 Å². The van der Waals surface area contributed by atoms with Crippen molar-refractivity contribution in [3.8, 4) is 0 Å². The van der Waals surface area contributed by atoms with Gasteiger partial charge in [-0.2, -0.15) is 0 Å². The molecule has 2 fully saturated rings. The predicted molar refractivity (Wildman–Crippen MR) is 119 cm³/mol. The van der Waals surface area contributed by atoms with Gasteiger partial charge >= 0.3 is 0 Å². The number of amides is 2. The Kier molecular flexibility index (Phi) is 7.27. The van der Waals surface area contributed by atoms with Crippen LogP contribution in [-0.4, -0.2) is 66.0 Å². The van der Waals surface area contributed by atoms with Gasteiger partial charge in [0.05, 0.1) is 13.2 Å². The number of benzene rings is 1. The van der Waals surface area contributed by atoms with Gasteiger partial charge in [-0.15, -0.1) is 0 Å². The number of carbonyl (C=O) groups excluding carboxylic acids is 2. The van der Waals surface area contributed by atoms with Crippen molar-refractivity contribution in [3.63, 3.8) is 0 Å². The number of nitrogens with zero attached hydrogens (tertiary/aromatic N) is 3. The molecule has 1 aromatic carbocycles. The van der Waals surface area contributed by atoms with E-state index in [9.17, 15) is 9.59 Å². The molecule has 4 rings (SSSR count). The summed E-state index contributed by atoms with van der Waals surface area (Å²) in [5, 5.41) is 2.94. The van der Waals surface area contributed by atoms with Crippen molar-refractivity contribution in [1.82, 2.24) is 14.8 Å². The second-order valence-corrected chi connectivity index (χ2v) is 8.23. The minimum Gasteiger partial charge on any atom is -0.379 e. The molecule has 1 saturated carbocycles. The number of ether oxygens (including phenoxy) is 1. The van der Waals surface area contributed by atoms with Crippen LogP contribution in [0.25, 0.3) is 0 Å². The maximum absolute atomic E-state index is 13.4. The summed E-state index contributed by atoms with van der Waals surface area (Å²) in [4.78, 5) is 33.8. The maximum atomic E-state index is 13.4. The molecule has 1 aromatic heterocycles. The lowest BCUT2D eigenvalue weighted by atomic mass is 10.1. The zero-order valence-corrected chi connectivity index (χ0v) is 17.8. The fourth-order valence-electron chi connectivity index (χ4n) is 3.77. The minimum atomic E-state index is -0.0266. The van der Waals surface area contributed by atoms with Gasteiger partial charge < -0.3 is 15.0 Å². The number of rotatable bonds is 9. The van der Waals surface area contributed by atoms with Crippen LogP contribution in [0.15, 0.2) is 48.8 Å². The van der Waals surface area contributed by atoms with Crippen molar-refractivity contribution in [3.05, 3.63) is 59.9 Å². The molecule has 0 bridgehead atoms. The molecule has 2 amide bonds. The third-order valence-corrected chi connectivity index (χ3v) is 5.74. The first-order valence-corrected chi connectivity index (χ1v) is 11.1. The Balaban J connectivity index is 1.42. The van der Waals surface area contributed by atoms with Crippen molar-refractivity contribution < 1.29 is 14.3 Å². The second-order valence-electron chi connectivity index (χ2n) is 8.23. The molecule has 0 unspecified atom stereocenters. The number of morpholine rings is 1. The van der Waals surface area contributed by atoms with Crippen LogP contribution in [-0.2, 0) is 16.1 Å². The number of aromatic nitrogens is 1. The average Bonchev–Trinajstić information content (AvgIpc) is 3.65. The number of hydrogen-bond donors (Lipinski definition) is 1. The van der Waals surface area contributed by atoms with E-state index < -0.39 is 0 Å². The minimum absolute atomic E-state index is 0.0266. The first-order valence-electron chi connectivity index (χ1n) is 11.1. The SMILES string of the molecule is O=C(Nc1cccc(C(=O)N(CCCN2CCOCC2)Cc2ccncc2)c1)C1CC1. The van der Waals surface area contributed by atoms with E-state index >= 15 is 0 Å². The highest BCUT2D eigenvalue weighted by Gasteiger charge is 2.29. The quantitative estimate of drug-likeness (QED) is 0.673. The predicted octanol–water partition coefficient (Wildman–Crippen LogP) is 2.79. The van der Waals surface area contributed by atoms with E-state index in [1.165, 1.54) is 0 Å². The highest BCUT2D eigenvalue weighted by Crippen LogP contribution is 2.30. The lowest BCUT2D eigenvalue weighted by Gasteiger charge is -2.28.